The maximum Gasteiger partial charge on any atom is 0.338 e. The minimum Gasteiger partial charge on any atom is -0.478 e. The number of para-hydroxylation sites is 1. The van der Waals surface area contributed by atoms with Gasteiger partial charge in [-0.1, -0.05) is 6.07 Å². The number of aromatic carboxylic acids is 1. The van der Waals surface area contributed by atoms with Crippen LogP contribution in [0.15, 0.2) is 23.3 Å². The summed E-state index contributed by atoms with van der Waals surface area (Å²) in [7, 11) is 0. The van der Waals surface area contributed by atoms with E-state index in [0.29, 0.717) is 0 Å². The van der Waals surface area contributed by atoms with Crippen LogP contribution in [-0.2, 0) is 0 Å². The summed E-state index contributed by atoms with van der Waals surface area (Å²) in [6.07, 6.45) is 0. The SMILES string of the molecule is N#CC(C#N)=NNc1c(C(=O)O)cccc1[N+](=O)[O-]. The maximum absolute atomic E-state index is 10.9. The fourth-order valence-corrected chi connectivity index (χ4v) is 1.17. The molecule has 0 spiro atoms. The van der Waals surface area contributed by atoms with Crippen molar-refractivity contribution in [3.8, 4) is 12.1 Å². The topological polar surface area (TPSA) is 152 Å². The van der Waals surface area contributed by atoms with Gasteiger partial charge in [0.2, 0.25) is 5.71 Å². The van der Waals surface area contributed by atoms with Gasteiger partial charge < -0.3 is 5.11 Å². The van der Waals surface area contributed by atoms with Gasteiger partial charge in [-0.05, 0) is 6.07 Å². The lowest BCUT2D eigenvalue weighted by Gasteiger charge is -2.05. The molecule has 1 aromatic rings. The summed E-state index contributed by atoms with van der Waals surface area (Å²) in [5, 5.41) is 39.9. The number of rotatable bonds is 4. The average molecular weight is 259 g/mol. The van der Waals surface area contributed by atoms with Crippen molar-refractivity contribution in [1.82, 2.24) is 0 Å². The molecule has 0 aliphatic carbocycles. The van der Waals surface area contributed by atoms with E-state index in [9.17, 15) is 14.9 Å². The first-order chi connectivity index (χ1) is 9.01. The minimum absolute atomic E-state index is 0.395. The summed E-state index contributed by atoms with van der Waals surface area (Å²) in [6, 6.07) is 6.26. The number of carboxylic acid groups (broad SMARTS) is 1. The summed E-state index contributed by atoms with van der Waals surface area (Å²) in [4.78, 5) is 20.9. The van der Waals surface area contributed by atoms with Gasteiger partial charge in [-0.15, -0.1) is 0 Å². The Kier molecular flexibility index (Phi) is 4.11. The van der Waals surface area contributed by atoms with Crippen molar-refractivity contribution >= 4 is 23.1 Å². The van der Waals surface area contributed by atoms with Gasteiger partial charge in [-0.3, -0.25) is 15.5 Å². The van der Waals surface area contributed by atoms with Crippen molar-refractivity contribution in [2.45, 2.75) is 0 Å². The van der Waals surface area contributed by atoms with E-state index in [2.05, 4.69) is 10.5 Å². The van der Waals surface area contributed by atoms with Crippen molar-refractivity contribution in [3.63, 3.8) is 0 Å². The number of nitrogens with one attached hydrogen (secondary N) is 1. The van der Waals surface area contributed by atoms with Gasteiger partial charge in [0, 0.05) is 6.07 Å². The van der Waals surface area contributed by atoms with E-state index in [4.69, 9.17) is 15.6 Å². The lowest BCUT2D eigenvalue weighted by molar-refractivity contribution is -0.384. The number of nitro groups is 1. The number of anilines is 1. The van der Waals surface area contributed by atoms with E-state index < -0.39 is 33.5 Å². The van der Waals surface area contributed by atoms with Crippen LogP contribution in [0.2, 0.25) is 0 Å². The number of nitrogens with zero attached hydrogens (tertiary/aromatic N) is 4. The molecule has 0 bridgehead atoms. The monoisotopic (exact) mass is 259 g/mol. The fourth-order valence-electron chi connectivity index (χ4n) is 1.17. The normalized spacial score (nSPS) is 8.74. The highest BCUT2D eigenvalue weighted by Gasteiger charge is 2.21. The molecule has 0 saturated heterocycles. The molecule has 19 heavy (non-hydrogen) atoms. The Morgan fingerprint density at radius 1 is 1.42 bits per heavy atom. The zero-order valence-corrected chi connectivity index (χ0v) is 9.19. The molecule has 1 aromatic carbocycles. The Hall–Kier alpha value is -3.46. The molecule has 0 amide bonds. The van der Waals surface area contributed by atoms with Crippen molar-refractivity contribution in [3.05, 3.63) is 33.9 Å². The maximum atomic E-state index is 10.9. The van der Waals surface area contributed by atoms with Crippen LogP contribution in [0.25, 0.3) is 0 Å². The van der Waals surface area contributed by atoms with Gasteiger partial charge in [0.15, 0.2) is 0 Å². The molecule has 0 aliphatic rings. The number of hydrogen-bond donors (Lipinski definition) is 2. The third-order valence-corrected chi connectivity index (χ3v) is 1.96. The standard InChI is InChI=1S/C10H5N5O4/c11-4-6(5-12)13-14-9-7(10(16)17)2-1-3-8(9)15(18)19/h1-3,14H,(H,16,17). The van der Waals surface area contributed by atoms with Gasteiger partial charge in [-0.2, -0.15) is 15.6 Å². The average Bonchev–Trinajstić information content (AvgIpc) is 2.39. The Morgan fingerprint density at radius 3 is 2.53 bits per heavy atom. The van der Waals surface area contributed by atoms with Gasteiger partial charge >= 0.3 is 5.97 Å². The van der Waals surface area contributed by atoms with E-state index >= 15 is 0 Å². The molecular weight excluding hydrogens is 254 g/mol. The zero-order valence-electron chi connectivity index (χ0n) is 9.19. The van der Waals surface area contributed by atoms with Crippen LogP contribution in [-0.4, -0.2) is 21.7 Å². The predicted molar refractivity (Wildman–Crippen MR) is 62.3 cm³/mol. The third-order valence-electron chi connectivity index (χ3n) is 1.96. The summed E-state index contributed by atoms with van der Waals surface area (Å²) in [6.45, 7) is 0. The molecule has 9 nitrogen and oxygen atoms in total. The molecule has 2 N–H and O–H groups in total. The molecule has 0 heterocycles. The van der Waals surface area contributed by atoms with Gasteiger partial charge in [-0.25, -0.2) is 4.79 Å². The van der Waals surface area contributed by atoms with Crippen LogP contribution in [0.5, 0.6) is 0 Å². The summed E-state index contributed by atoms with van der Waals surface area (Å²) < 4.78 is 0. The van der Waals surface area contributed by atoms with Crippen molar-refractivity contribution in [2.24, 2.45) is 5.10 Å². The molecule has 0 aliphatic heterocycles. The Bertz CT molecular complexity index is 605. The first kappa shape index (κ1) is 13.6. The van der Waals surface area contributed by atoms with Crippen LogP contribution in [0.4, 0.5) is 11.4 Å². The smallest absolute Gasteiger partial charge is 0.338 e. The van der Waals surface area contributed by atoms with Crippen LogP contribution in [0, 0.1) is 32.8 Å². The highest BCUT2D eigenvalue weighted by molar-refractivity contribution is 6.10. The number of carboxylic acids is 1. The summed E-state index contributed by atoms with van der Waals surface area (Å²) in [5.74, 6) is -1.41. The molecule has 0 atom stereocenters. The number of hydrogen-bond acceptors (Lipinski definition) is 7. The van der Waals surface area contributed by atoms with Crippen molar-refractivity contribution in [2.75, 3.05) is 5.43 Å². The molecular formula is C10H5N5O4. The molecule has 0 fully saturated rings. The molecule has 0 unspecified atom stereocenters. The van der Waals surface area contributed by atoms with Gasteiger partial charge in [0.25, 0.3) is 5.69 Å². The first-order valence-electron chi connectivity index (χ1n) is 4.65. The van der Waals surface area contributed by atoms with Crippen molar-refractivity contribution < 1.29 is 14.8 Å². The fraction of sp³-hybridized carbons (Fsp3) is 0. The first-order valence-corrected chi connectivity index (χ1v) is 4.65. The second kappa shape index (κ2) is 5.75. The van der Waals surface area contributed by atoms with Gasteiger partial charge in [0.05, 0.1) is 10.5 Å². The van der Waals surface area contributed by atoms with E-state index in [0.717, 1.165) is 12.1 Å². The number of benzene rings is 1. The highest BCUT2D eigenvalue weighted by atomic mass is 16.6. The van der Waals surface area contributed by atoms with Crippen molar-refractivity contribution in [1.29, 1.82) is 10.5 Å². The molecule has 9 heteroatoms. The van der Waals surface area contributed by atoms with E-state index in [1.165, 1.54) is 18.2 Å². The number of hydrazone groups is 1. The summed E-state index contributed by atoms with van der Waals surface area (Å²) >= 11 is 0. The second-order valence-electron chi connectivity index (χ2n) is 3.06. The molecule has 0 aromatic heterocycles. The highest BCUT2D eigenvalue weighted by Crippen LogP contribution is 2.28. The summed E-state index contributed by atoms with van der Waals surface area (Å²) in [5.41, 5.74) is 0.154. The largest absolute Gasteiger partial charge is 0.478 e. The van der Waals surface area contributed by atoms with Gasteiger partial charge in [0.1, 0.15) is 17.8 Å². The Labute approximate surface area is 106 Å². The van der Waals surface area contributed by atoms with Crippen LogP contribution < -0.4 is 5.43 Å². The number of nitriles is 2. The quantitative estimate of drug-likeness (QED) is 0.466. The van der Waals surface area contributed by atoms with Crippen LogP contribution >= 0.6 is 0 Å². The van der Waals surface area contributed by atoms with Crippen LogP contribution in [0.1, 0.15) is 10.4 Å². The molecule has 94 valence electrons. The zero-order chi connectivity index (χ0) is 14.4. The molecule has 1 rings (SSSR count). The van der Waals surface area contributed by atoms with E-state index in [-0.39, 0.29) is 0 Å². The Balaban J connectivity index is 3.36. The van der Waals surface area contributed by atoms with E-state index in [1.54, 1.807) is 0 Å². The molecule has 0 saturated carbocycles. The lowest BCUT2D eigenvalue weighted by Crippen LogP contribution is -2.06. The number of nitro benzene ring substituents is 1. The third kappa shape index (κ3) is 3.01. The predicted octanol–water partition coefficient (Wildman–Crippen LogP) is 1.11. The Morgan fingerprint density at radius 2 is 2.05 bits per heavy atom. The molecule has 0 radical (unpaired) electrons. The number of carbonyl (C=O) groups is 1. The van der Waals surface area contributed by atoms with Crippen LogP contribution in [0.3, 0.4) is 0 Å². The van der Waals surface area contributed by atoms with E-state index in [1.807, 2.05) is 0 Å². The minimum atomic E-state index is -1.41. The lowest BCUT2D eigenvalue weighted by atomic mass is 10.1. The second-order valence-corrected chi connectivity index (χ2v) is 3.06.